The lowest BCUT2D eigenvalue weighted by Gasteiger charge is -2.25. The summed E-state index contributed by atoms with van der Waals surface area (Å²) < 4.78 is 5.91. The van der Waals surface area contributed by atoms with E-state index in [1.807, 2.05) is 11.8 Å². The van der Waals surface area contributed by atoms with Crippen LogP contribution in [0.3, 0.4) is 0 Å². The van der Waals surface area contributed by atoms with E-state index in [-0.39, 0.29) is 5.60 Å². The number of thioether (sulfide) groups is 1. The molecule has 0 amide bonds. The topological polar surface area (TPSA) is 9.23 Å². The maximum atomic E-state index is 5.91. The highest BCUT2D eigenvalue weighted by atomic mass is 32.2. The molecule has 0 spiro atoms. The zero-order valence-electron chi connectivity index (χ0n) is 9.57. The lowest BCUT2D eigenvalue weighted by atomic mass is 10.0. The number of hydrogen-bond donors (Lipinski definition) is 0. The molecule has 0 saturated carbocycles. The van der Waals surface area contributed by atoms with Crippen LogP contribution in [0, 0.1) is 0 Å². The van der Waals surface area contributed by atoms with E-state index in [0.717, 1.165) is 6.42 Å². The fourth-order valence-electron chi connectivity index (χ4n) is 2.08. The van der Waals surface area contributed by atoms with Gasteiger partial charge in [-0.2, -0.15) is 0 Å². The van der Waals surface area contributed by atoms with Crippen molar-refractivity contribution in [2.24, 2.45) is 0 Å². The molecule has 0 bridgehead atoms. The average Bonchev–Trinajstić information content (AvgIpc) is 2.41. The third kappa shape index (κ3) is 2.56. The largest absolute Gasteiger partial charge is 0.371 e. The Morgan fingerprint density at radius 3 is 2.47 bits per heavy atom. The van der Waals surface area contributed by atoms with Crippen molar-refractivity contribution in [1.29, 1.82) is 0 Å². The highest BCUT2D eigenvalue weighted by molar-refractivity contribution is 8.00. The van der Waals surface area contributed by atoms with Crippen molar-refractivity contribution < 1.29 is 4.74 Å². The average molecular weight is 222 g/mol. The number of rotatable bonds is 2. The second kappa shape index (κ2) is 4.18. The van der Waals surface area contributed by atoms with Crippen LogP contribution in [0.4, 0.5) is 0 Å². The molecule has 1 aliphatic heterocycles. The van der Waals surface area contributed by atoms with Crippen LogP contribution < -0.4 is 0 Å². The fourth-order valence-corrected chi connectivity index (χ4v) is 3.43. The molecule has 2 heteroatoms. The molecule has 1 fully saturated rings. The van der Waals surface area contributed by atoms with Gasteiger partial charge < -0.3 is 4.74 Å². The third-order valence-corrected chi connectivity index (χ3v) is 4.44. The summed E-state index contributed by atoms with van der Waals surface area (Å²) in [4.78, 5) is 1.34. The highest BCUT2D eigenvalue weighted by Gasteiger charge is 2.40. The molecule has 1 aromatic carbocycles. The van der Waals surface area contributed by atoms with Crippen LogP contribution in [0.15, 0.2) is 35.2 Å². The van der Waals surface area contributed by atoms with Gasteiger partial charge in [0.25, 0.3) is 0 Å². The van der Waals surface area contributed by atoms with Gasteiger partial charge in [-0.25, -0.2) is 0 Å². The van der Waals surface area contributed by atoms with Crippen LogP contribution >= 0.6 is 11.8 Å². The van der Waals surface area contributed by atoms with Gasteiger partial charge in [0.2, 0.25) is 0 Å². The van der Waals surface area contributed by atoms with Gasteiger partial charge in [-0.05, 0) is 39.3 Å². The predicted octanol–water partition coefficient (Wildman–Crippen LogP) is 3.73. The SMILES string of the molecule is C[C@H]1C[C@@H](Sc2ccccc2)C(C)(C)O1. The van der Waals surface area contributed by atoms with Crippen LogP contribution in [-0.2, 0) is 4.74 Å². The van der Waals surface area contributed by atoms with Crippen molar-refractivity contribution in [3.8, 4) is 0 Å². The van der Waals surface area contributed by atoms with Crippen LogP contribution in [-0.4, -0.2) is 17.0 Å². The highest BCUT2D eigenvalue weighted by Crippen LogP contribution is 2.41. The normalized spacial score (nSPS) is 29.3. The van der Waals surface area contributed by atoms with Crippen molar-refractivity contribution in [3.63, 3.8) is 0 Å². The van der Waals surface area contributed by atoms with E-state index >= 15 is 0 Å². The molecule has 0 unspecified atom stereocenters. The van der Waals surface area contributed by atoms with Crippen molar-refractivity contribution in [2.75, 3.05) is 0 Å². The first-order valence-electron chi connectivity index (χ1n) is 5.47. The summed E-state index contributed by atoms with van der Waals surface area (Å²) in [5.74, 6) is 0. The fraction of sp³-hybridized carbons (Fsp3) is 0.538. The molecule has 0 aliphatic carbocycles. The van der Waals surface area contributed by atoms with Gasteiger partial charge in [0.1, 0.15) is 0 Å². The van der Waals surface area contributed by atoms with Gasteiger partial charge >= 0.3 is 0 Å². The Labute approximate surface area is 96.2 Å². The van der Waals surface area contributed by atoms with E-state index < -0.39 is 0 Å². The van der Waals surface area contributed by atoms with Gasteiger partial charge in [-0.1, -0.05) is 18.2 Å². The van der Waals surface area contributed by atoms with E-state index in [4.69, 9.17) is 4.74 Å². The zero-order chi connectivity index (χ0) is 10.9. The van der Waals surface area contributed by atoms with E-state index in [1.165, 1.54) is 4.90 Å². The Morgan fingerprint density at radius 1 is 1.27 bits per heavy atom. The molecule has 82 valence electrons. The summed E-state index contributed by atoms with van der Waals surface area (Å²) in [5, 5.41) is 0.565. The van der Waals surface area contributed by atoms with Crippen LogP contribution in [0.25, 0.3) is 0 Å². The zero-order valence-corrected chi connectivity index (χ0v) is 10.4. The summed E-state index contributed by atoms with van der Waals surface area (Å²) in [5.41, 5.74) is -0.0000746. The molecule has 1 aromatic rings. The standard InChI is InChI=1S/C13H18OS/c1-10-9-12(13(2,3)14-10)15-11-7-5-4-6-8-11/h4-8,10,12H,9H2,1-3H3/t10-,12+/m0/s1. The molecule has 2 rings (SSSR count). The van der Waals surface area contributed by atoms with Gasteiger partial charge in [0, 0.05) is 10.1 Å². The van der Waals surface area contributed by atoms with Crippen molar-refractivity contribution in [1.82, 2.24) is 0 Å². The van der Waals surface area contributed by atoms with Crippen molar-refractivity contribution in [2.45, 2.75) is 49.0 Å². The first-order valence-corrected chi connectivity index (χ1v) is 6.35. The third-order valence-electron chi connectivity index (χ3n) is 2.85. The summed E-state index contributed by atoms with van der Waals surface area (Å²) in [7, 11) is 0. The minimum atomic E-state index is -0.0000746. The molecule has 1 aliphatic rings. The molecule has 0 radical (unpaired) electrons. The van der Waals surface area contributed by atoms with Crippen molar-refractivity contribution in [3.05, 3.63) is 30.3 Å². The monoisotopic (exact) mass is 222 g/mol. The Hall–Kier alpha value is -0.470. The summed E-state index contributed by atoms with van der Waals surface area (Å²) in [6, 6.07) is 10.6. The lowest BCUT2D eigenvalue weighted by molar-refractivity contribution is -0.00478. The van der Waals surface area contributed by atoms with Crippen molar-refractivity contribution >= 4 is 11.8 Å². The molecule has 2 atom stereocenters. The summed E-state index contributed by atoms with van der Waals surface area (Å²) in [6.45, 7) is 6.54. The quantitative estimate of drug-likeness (QED) is 0.754. The Bertz CT molecular complexity index is 321. The molecule has 1 heterocycles. The lowest BCUT2D eigenvalue weighted by Crippen LogP contribution is -2.29. The smallest absolute Gasteiger partial charge is 0.0752 e. The Kier molecular flexibility index (Phi) is 3.08. The maximum absolute atomic E-state index is 5.91. The predicted molar refractivity (Wildman–Crippen MR) is 65.3 cm³/mol. The van der Waals surface area contributed by atoms with E-state index in [1.54, 1.807) is 0 Å². The summed E-state index contributed by atoms with van der Waals surface area (Å²) in [6.07, 6.45) is 1.54. The first kappa shape index (κ1) is 11.0. The first-order chi connectivity index (χ1) is 7.08. The molecule has 1 nitrogen and oxygen atoms in total. The van der Waals surface area contributed by atoms with Crippen LogP contribution in [0.2, 0.25) is 0 Å². The van der Waals surface area contributed by atoms with Gasteiger partial charge in [0.15, 0.2) is 0 Å². The summed E-state index contributed by atoms with van der Waals surface area (Å²) >= 11 is 1.94. The van der Waals surface area contributed by atoms with Crippen LogP contribution in [0.1, 0.15) is 27.2 Å². The molecule has 0 N–H and O–H groups in total. The Morgan fingerprint density at radius 2 is 1.93 bits per heavy atom. The number of ether oxygens (including phenoxy) is 1. The molecule has 15 heavy (non-hydrogen) atoms. The molecule has 1 saturated heterocycles. The Balaban J connectivity index is 2.07. The number of hydrogen-bond acceptors (Lipinski definition) is 2. The van der Waals surface area contributed by atoms with E-state index in [2.05, 4.69) is 51.1 Å². The second-order valence-corrected chi connectivity index (χ2v) is 5.96. The van der Waals surface area contributed by atoms with Gasteiger partial charge in [-0.3, -0.25) is 0 Å². The van der Waals surface area contributed by atoms with E-state index in [0.29, 0.717) is 11.4 Å². The second-order valence-electron chi connectivity index (χ2n) is 4.69. The molecular formula is C13H18OS. The minimum absolute atomic E-state index is 0.0000746. The molecule has 0 aromatic heterocycles. The van der Waals surface area contributed by atoms with Gasteiger partial charge in [0.05, 0.1) is 11.7 Å². The number of benzene rings is 1. The van der Waals surface area contributed by atoms with Crippen LogP contribution in [0.5, 0.6) is 0 Å². The van der Waals surface area contributed by atoms with Gasteiger partial charge in [-0.15, -0.1) is 11.8 Å². The molecular weight excluding hydrogens is 204 g/mol. The van der Waals surface area contributed by atoms with E-state index in [9.17, 15) is 0 Å². The minimum Gasteiger partial charge on any atom is -0.371 e. The maximum Gasteiger partial charge on any atom is 0.0752 e.